The van der Waals surface area contributed by atoms with Crippen LogP contribution < -0.4 is 11.0 Å². The molecule has 1 aromatic heterocycles. The Morgan fingerprint density at radius 1 is 1.36 bits per heavy atom. The van der Waals surface area contributed by atoms with Gasteiger partial charge in [0, 0.05) is 13.1 Å². The Kier molecular flexibility index (Phi) is 7.27. The quantitative estimate of drug-likeness (QED) is 0.660. The van der Waals surface area contributed by atoms with Crippen LogP contribution in [0.15, 0.2) is 40.3 Å². The number of hydrogen-bond donors (Lipinski definition) is 2. The standard InChI is InChI=1S/C17H25N5O2S/c1-4-10-22-16(24)19-20-17(22)25-12-15(23)18-11-14(21(2)3)13-8-6-5-7-9-13/h5-9,14H,4,10-12H2,1-3H3,(H,18,23)(H,19,24). The molecule has 0 aliphatic rings. The van der Waals surface area contributed by atoms with Crippen LogP contribution >= 0.6 is 11.8 Å². The zero-order valence-corrected chi connectivity index (χ0v) is 15.7. The lowest BCUT2D eigenvalue weighted by Gasteiger charge is -2.25. The van der Waals surface area contributed by atoms with E-state index in [0.717, 1.165) is 12.0 Å². The molecular formula is C17H25N5O2S. The summed E-state index contributed by atoms with van der Waals surface area (Å²) in [6.07, 6.45) is 0.834. The minimum Gasteiger partial charge on any atom is -0.353 e. The Morgan fingerprint density at radius 3 is 2.72 bits per heavy atom. The molecule has 1 atom stereocenters. The average molecular weight is 363 g/mol. The molecule has 7 nitrogen and oxygen atoms in total. The normalized spacial score (nSPS) is 12.3. The van der Waals surface area contributed by atoms with Crippen LogP contribution in [0, 0.1) is 0 Å². The first-order valence-electron chi connectivity index (χ1n) is 8.29. The monoisotopic (exact) mass is 363 g/mol. The maximum absolute atomic E-state index is 12.2. The van der Waals surface area contributed by atoms with Crippen LogP contribution in [0.1, 0.15) is 24.9 Å². The first kappa shape index (κ1) is 19.3. The lowest BCUT2D eigenvalue weighted by Crippen LogP contribution is -2.35. The van der Waals surface area contributed by atoms with Crippen molar-refractivity contribution in [3.8, 4) is 0 Å². The van der Waals surface area contributed by atoms with Crippen molar-refractivity contribution < 1.29 is 4.79 Å². The third-order valence-electron chi connectivity index (χ3n) is 3.80. The number of thioether (sulfide) groups is 1. The van der Waals surface area contributed by atoms with Gasteiger partial charge in [-0.2, -0.15) is 0 Å². The molecule has 2 aromatic rings. The molecule has 136 valence electrons. The van der Waals surface area contributed by atoms with Gasteiger partial charge in [-0.15, -0.1) is 5.10 Å². The van der Waals surface area contributed by atoms with Crippen molar-refractivity contribution in [2.24, 2.45) is 0 Å². The molecule has 1 amide bonds. The summed E-state index contributed by atoms with van der Waals surface area (Å²) in [7, 11) is 3.98. The van der Waals surface area contributed by atoms with Crippen molar-refractivity contribution in [3.63, 3.8) is 0 Å². The highest BCUT2D eigenvalue weighted by molar-refractivity contribution is 7.99. The van der Waals surface area contributed by atoms with Gasteiger partial charge in [-0.1, -0.05) is 49.0 Å². The van der Waals surface area contributed by atoms with Crippen LogP contribution in [0.5, 0.6) is 0 Å². The molecule has 8 heteroatoms. The maximum Gasteiger partial charge on any atom is 0.343 e. The second-order valence-corrected chi connectivity index (χ2v) is 6.89. The number of aromatic amines is 1. The van der Waals surface area contributed by atoms with Gasteiger partial charge in [0.15, 0.2) is 5.16 Å². The van der Waals surface area contributed by atoms with E-state index in [1.54, 1.807) is 4.57 Å². The van der Waals surface area contributed by atoms with Crippen molar-refractivity contribution in [2.75, 3.05) is 26.4 Å². The van der Waals surface area contributed by atoms with Crippen LogP contribution in [-0.2, 0) is 11.3 Å². The molecule has 2 rings (SSSR count). The first-order chi connectivity index (χ1) is 12.0. The maximum atomic E-state index is 12.2. The highest BCUT2D eigenvalue weighted by Gasteiger charge is 2.16. The molecule has 1 aromatic carbocycles. The Hall–Kier alpha value is -2.06. The molecule has 2 N–H and O–H groups in total. The van der Waals surface area contributed by atoms with E-state index in [4.69, 9.17) is 0 Å². The Balaban J connectivity index is 1.89. The number of aromatic nitrogens is 3. The fourth-order valence-electron chi connectivity index (χ4n) is 2.50. The van der Waals surface area contributed by atoms with E-state index in [9.17, 15) is 9.59 Å². The molecule has 0 bridgehead atoms. The van der Waals surface area contributed by atoms with Gasteiger partial charge in [0.05, 0.1) is 11.8 Å². The second kappa shape index (κ2) is 9.43. The fraction of sp³-hybridized carbons (Fsp3) is 0.471. The van der Waals surface area contributed by atoms with E-state index in [-0.39, 0.29) is 23.4 Å². The summed E-state index contributed by atoms with van der Waals surface area (Å²) in [6.45, 7) is 3.11. The fourth-order valence-corrected chi connectivity index (χ4v) is 3.30. The van der Waals surface area contributed by atoms with Crippen LogP contribution in [0.2, 0.25) is 0 Å². The second-order valence-electron chi connectivity index (χ2n) is 5.95. The third-order valence-corrected chi connectivity index (χ3v) is 4.78. The topological polar surface area (TPSA) is 83.0 Å². The third kappa shape index (κ3) is 5.47. The van der Waals surface area contributed by atoms with Gasteiger partial charge < -0.3 is 10.2 Å². The molecule has 25 heavy (non-hydrogen) atoms. The predicted octanol–water partition coefficient (Wildman–Crippen LogP) is 1.49. The molecule has 0 aliphatic carbocycles. The molecular weight excluding hydrogens is 338 g/mol. The van der Waals surface area contributed by atoms with Crippen molar-refractivity contribution in [2.45, 2.75) is 31.1 Å². The summed E-state index contributed by atoms with van der Waals surface area (Å²) >= 11 is 1.27. The van der Waals surface area contributed by atoms with Crippen molar-refractivity contribution >= 4 is 17.7 Å². The zero-order valence-electron chi connectivity index (χ0n) is 14.9. The number of H-pyrrole nitrogens is 1. The number of hydrogen-bond acceptors (Lipinski definition) is 5. The van der Waals surface area contributed by atoms with Gasteiger partial charge >= 0.3 is 5.69 Å². The number of nitrogens with one attached hydrogen (secondary N) is 2. The number of amides is 1. The number of carbonyl (C=O) groups is 1. The first-order valence-corrected chi connectivity index (χ1v) is 9.27. The van der Waals surface area contributed by atoms with Crippen LogP contribution in [0.4, 0.5) is 0 Å². The Bertz CT molecular complexity index is 726. The lowest BCUT2D eigenvalue weighted by molar-refractivity contribution is -0.118. The van der Waals surface area contributed by atoms with E-state index >= 15 is 0 Å². The number of rotatable bonds is 9. The minimum absolute atomic E-state index is 0.0775. The van der Waals surface area contributed by atoms with Gasteiger partial charge in [0.1, 0.15) is 0 Å². The highest BCUT2D eigenvalue weighted by Crippen LogP contribution is 2.17. The number of benzene rings is 1. The SMILES string of the molecule is CCCn1c(SCC(=O)NCC(c2ccccc2)N(C)C)n[nH]c1=O. The predicted molar refractivity (Wildman–Crippen MR) is 99.7 cm³/mol. The summed E-state index contributed by atoms with van der Waals surface area (Å²) in [5, 5.41) is 9.92. The van der Waals surface area contributed by atoms with Crippen LogP contribution in [0.25, 0.3) is 0 Å². The van der Waals surface area contributed by atoms with Gasteiger partial charge in [0.2, 0.25) is 5.91 Å². The van der Waals surface area contributed by atoms with Gasteiger partial charge in [0.25, 0.3) is 0 Å². The number of carbonyl (C=O) groups excluding carboxylic acids is 1. The van der Waals surface area contributed by atoms with Crippen LogP contribution in [0.3, 0.4) is 0 Å². The summed E-state index contributed by atoms with van der Waals surface area (Å²) in [5.41, 5.74) is 0.922. The molecule has 1 unspecified atom stereocenters. The summed E-state index contributed by atoms with van der Waals surface area (Å²) < 4.78 is 1.56. The molecule has 0 saturated carbocycles. The smallest absolute Gasteiger partial charge is 0.343 e. The molecule has 0 spiro atoms. The van der Waals surface area contributed by atoms with E-state index in [2.05, 4.69) is 32.5 Å². The summed E-state index contributed by atoms with van der Waals surface area (Å²) in [6, 6.07) is 10.2. The minimum atomic E-state index is -0.235. The Labute approximate surface area is 151 Å². The Morgan fingerprint density at radius 2 is 2.08 bits per heavy atom. The average Bonchev–Trinajstić information content (AvgIpc) is 2.94. The molecule has 0 aliphatic heterocycles. The molecule has 1 heterocycles. The number of nitrogens with zero attached hydrogens (tertiary/aromatic N) is 3. The van der Waals surface area contributed by atoms with Crippen LogP contribution in [-0.4, -0.2) is 52.0 Å². The van der Waals surface area contributed by atoms with Crippen molar-refractivity contribution in [1.82, 2.24) is 25.0 Å². The summed E-state index contributed by atoms with van der Waals surface area (Å²) in [5.74, 6) is 0.148. The van der Waals surface area contributed by atoms with Crippen molar-refractivity contribution in [3.05, 3.63) is 46.4 Å². The summed E-state index contributed by atoms with van der Waals surface area (Å²) in [4.78, 5) is 25.9. The van der Waals surface area contributed by atoms with E-state index < -0.39 is 0 Å². The van der Waals surface area contributed by atoms with Gasteiger partial charge in [-0.3, -0.25) is 9.36 Å². The van der Waals surface area contributed by atoms with E-state index in [1.807, 2.05) is 39.2 Å². The molecule has 0 fully saturated rings. The van der Waals surface area contributed by atoms with Gasteiger partial charge in [-0.25, -0.2) is 9.89 Å². The van der Waals surface area contributed by atoms with E-state index in [0.29, 0.717) is 18.2 Å². The molecule has 0 saturated heterocycles. The van der Waals surface area contributed by atoms with Gasteiger partial charge in [-0.05, 0) is 26.1 Å². The van der Waals surface area contributed by atoms with E-state index in [1.165, 1.54) is 11.8 Å². The zero-order chi connectivity index (χ0) is 18.2. The number of likely N-dealkylation sites (N-methyl/N-ethyl adjacent to an activating group) is 1. The van der Waals surface area contributed by atoms with Crippen molar-refractivity contribution in [1.29, 1.82) is 0 Å². The molecule has 0 radical (unpaired) electrons. The highest BCUT2D eigenvalue weighted by atomic mass is 32.2. The lowest BCUT2D eigenvalue weighted by atomic mass is 10.1. The largest absolute Gasteiger partial charge is 0.353 e.